The number of fused-ring (bicyclic) bond motifs is 2. The summed E-state index contributed by atoms with van der Waals surface area (Å²) in [6.07, 6.45) is 3.42. The molecule has 1 N–H and O–H groups in total. The molecule has 0 fully saturated rings. The van der Waals surface area contributed by atoms with Gasteiger partial charge in [0, 0.05) is 24.0 Å². The maximum atomic E-state index is 12.3. The van der Waals surface area contributed by atoms with Crippen molar-refractivity contribution in [3.63, 3.8) is 0 Å². The number of aryl methyl sites for hydroxylation is 1. The fourth-order valence-electron chi connectivity index (χ4n) is 3.06. The molecule has 0 radical (unpaired) electrons. The Bertz CT molecular complexity index is 1390. The average Bonchev–Trinajstić information content (AvgIpc) is 3.30. The van der Waals surface area contributed by atoms with Gasteiger partial charge in [0.15, 0.2) is 5.43 Å². The van der Waals surface area contributed by atoms with Gasteiger partial charge in [0.1, 0.15) is 5.65 Å². The summed E-state index contributed by atoms with van der Waals surface area (Å²) in [5.74, 6) is 0. The van der Waals surface area contributed by atoms with Crippen LogP contribution >= 0.6 is 34.3 Å². The Balaban J connectivity index is 1.88. The highest BCUT2D eigenvalue weighted by Gasteiger charge is 2.17. The molecule has 5 rings (SSSR count). The summed E-state index contributed by atoms with van der Waals surface area (Å²) in [5, 5.41) is 2.07. The van der Waals surface area contributed by atoms with Crippen molar-refractivity contribution in [2.75, 3.05) is 0 Å². The number of hydrogen-bond acceptors (Lipinski definition) is 6. The highest BCUT2D eigenvalue weighted by Crippen LogP contribution is 2.38. The van der Waals surface area contributed by atoms with Crippen molar-refractivity contribution in [2.45, 2.75) is 6.92 Å². The zero-order chi connectivity index (χ0) is 18.5. The number of rotatable bonds is 2. The number of H-pyrrole nitrogens is 1. The maximum absolute atomic E-state index is 12.3. The first kappa shape index (κ1) is 16.6. The Morgan fingerprint density at radius 1 is 1.19 bits per heavy atom. The van der Waals surface area contributed by atoms with E-state index in [4.69, 9.17) is 16.6 Å². The Hall–Kier alpha value is -2.61. The van der Waals surface area contributed by atoms with Crippen LogP contribution in [0.25, 0.3) is 42.9 Å². The summed E-state index contributed by atoms with van der Waals surface area (Å²) in [6.45, 7) is 1.96. The monoisotopic (exact) mass is 410 g/mol. The molecule has 0 aliphatic rings. The average molecular weight is 411 g/mol. The number of nitrogens with zero attached hydrogens (tertiary/aromatic N) is 3. The van der Waals surface area contributed by atoms with E-state index in [2.05, 4.69) is 15.0 Å². The van der Waals surface area contributed by atoms with Crippen LogP contribution < -0.4 is 5.43 Å². The zero-order valence-corrected chi connectivity index (χ0v) is 16.4. The first-order valence-electron chi connectivity index (χ1n) is 8.08. The predicted molar refractivity (Wildman–Crippen MR) is 112 cm³/mol. The number of nitrogens with one attached hydrogen (secondary N) is 1. The molecule has 0 saturated carbocycles. The lowest BCUT2D eigenvalue weighted by Crippen LogP contribution is -2.03. The maximum Gasteiger partial charge on any atom is 0.191 e. The van der Waals surface area contributed by atoms with Gasteiger partial charge in [-0.1, -0.05) is 11.6 Å². The minimum absolute atomic E-state index is 0.0745. The molecule has 0 saturated heterocycles. The number of halogens is 1. The van der Waals surface area contributed by atoms with Gasteiger partial charge in [0.05, 0.1) is 41.7 Å². The van der Waals surface area contributed by atoms with Crippen LogP contribution in [-0.4, -0.2) is 19.9 Å². The Morgan fingerprint density at radius 3 is 2.89 bits per heavy atom. The summed E-state index contributed by atoms with van der Waals surface area (Å²) < 4.78 is 0.992. The van der Waals surface area contributed by atoms with Gasteiger partial charge in [-0.15, -0.1) is 22.7 Å². The third kappa shape index (κ3) is 2.75. The van der Waals surface area contributed by atoms with E-state index in [1.54, 1.807) is 23.0 Å². The molecule has 0 spiro atoms. The van der Waals surface area contributed by atoms with Gasteiger partial charge < -0.3 is 4.98 Å². The third-order valence-corrected chi connectivity index (χ3v) is 6.28. The Morgan fingerprint density at radius 2 is 2.07 bits per heavy atom. The molecule has 0 aliphatic heterocycles. The van der Waals surface area contributed by atoms with Gasteiger partial charge >= 0.3 is 0 Å². The summed E-state index contributed by atoms with van der Waals surface area (Å²) in [7, 11) is 0. The molecule has 8 heteroatoms. The number of pyridine rings is 2. The van der Waals surface area contributed by atoms with Crippen LogP contribution in [0.15, 0.2) is 47.0 Å². The van der Waals surface area contributed by atoms with Gasteiger partial charge in [-0.25, -0.2) is 15.0 Å². The van der Waals surface area contributed by atoms with Crippen molar-refractivity contribution >= 4 is 55.5 Å². The SMILES string of the molecule is Cc1ncc(-c2nc3[nH]ccc(=O)c3cc2-c2cc(Cl)c3ncsc3c2)s1. The molecule has 0 amide bonds. The number of aromatic nitrogens is 4. The van der Waals surface area contributed by atoms with Gasteiger partial charge in [-0.05, 0) is 30.7 Å². The van der Waals surface area contributed by atoms with Crippen molar-refractivity contribution in [3.05, 3.63) is 62.4 Å². The molecule has 0 bridgehead atoms. The van der Waals surface area contributed by atoms with Crippen molar-refractivity contribution in [1.82, 2.24) is 19.9 Å². The highest BCUT2D eigenvalue weighted by molar-refractivity contribution is 7.16. The summed E-state index contributed by atoms with van der Waals surface area (Å²) >= 11 is 9.54. The molecule has 1 aromatic carbocycles. The summed E-state index contributed by atoms with van der Waals surface area (Å²) in [6, 6.07) is 7.30. The smallest absolute Gasteiger partial charge is 0.191 e. The molecule has 0 aliphatic carbocycles. The predicted octanol–water partition coefficient (Wildman–Crippen LogP) is 5.29. The van der Waals surface area contributed by atoms with E-state index in [9.17, 15) is 4.79 Å². The van der Waals surface area contributed by atoms with Crippen LogP contribution in [0.2, 0.25) is 5.02 Å². The van der Waals surface area contributed by atoms with E-state index >= 15 is 0 Å². The lowest BCUT2D eigenvalue weighted by molar-refractivity contribution is 1.27. The lowest BCUT2D eigenvalue weighted by atomic mass is 10.0. The summed E-state index contributed by atoms with van der Waals surface area (Å²) in [4.78, 5) is 29.8. The molecule has 0 atom stereocenters. The third-order valence-electron chi connectivity index (χ3n) is 4.30. The zero-order valence-electron chi connectivity index (χ0n) is 14.0. The quantitative estimate of drug-likeness (QED) is 0.429. The number of aromatic amines is 1. The topological polar surface area (TPSA) is 71.5 Å². The van der Waals surface area contributed by atoms with Crippen molar-refractivity contribution in [3.8, 4) is 21.7 Å². The number of thiazole rings is 2. The molecule has 0 unspecified atom stereocenters. The fourth-order valence-corrected chi connectivity index (χ4v) is 4.90. The van der Waals surface area contributed by atoms with Crippen molar-refractivity contribution < 1.29 is 0 Å². The molecule has 4 aromatic heterocycles. The first-order chi connectivity index (χ1) is 13.1. The Kier molecular flexibility index (Phi) is 3.82. The van der Waals surface area contributed by atoms with Crippen LogP contribution in [0.5, 0.6) is 0 Å². The van der Waals surface area contributed by atoms with Gasteiger partial charge in [0.25, 0.3) is 0 Å². The van der Waals surface area contributed by atoms with Gasteiger partial charge in [0.2, 0.25) is 0 Å². The van der Waals surface area contributed by atoms with E-state index in [1.165, 1.54) is 17.4 Å². The van der Waals surface area contributed by atoms with Crippen molar-refractivity contribution in [2.24, 2.45) is 0 Å². The largest absolute Gasteiger partial charge is 0.346 e. The minimum Gasteiger partial charge on any atom is -0.346 e. The van der Waals surface area contributed by atoms with Crippen LogP contribution in [0.1, 0.15) is 5.01 Å². The normalized spacial score (nSPS) is 11.5. The lowest BCUT2D eigenvalue weighted by Gasteiger charge is -2.10. The van der Waals surface area contributed by atoms with E-state index in [1.807, 2.05) is 31.3 Å². The molecule has 5 aromatic rings. The van der Waals surface area contributed by atoms with Crippen LogP contribution in [-0.2, 0) is 0 Å². The molecular weight excluding hydrogens is 400 g/mol. The molecule has 5 nitrogen and oxygen atoms in total. The second-order valence-corrected chi connectivity index (χ2v) is 8.55. The number of hydrogen-bond donors (Lipinski definition) is 1. The molecule has 132 valence electrons. The first-order valence-corrected chi connectivity index (χ1v) is 10.2. The van der Waals surface area contributed by atoms with Gasteiger partial charge in [-0.3, -0.25) is 4.79 Å². The van der Waals surface area contributed by atoms with E-state index in [0.717, 1.165) is 36.9 Å². The second kappa shape index (κ2) is 6.23. The fraction of sp³-hybridized carbons (Fsp3) is 0.0526. The van der Waals surface area contributed by atoms with Crippen LogP contribution in [0.3, 0.4) is 0 Å². The van der Waals surface area contributed by atoms with Crippen LogP contribution in [0, 0.1) is 6.92 Å². The Labute approximate surface area is 166 Å². The van der Waals surface area contributed by atoms with E-state index < -0.39 is 0 Å². The van der Waals surface area contributed by atoms with Gasteiger partial charge in [-0.2, -0.15) is 0 Å². The van der Waals surface area contributed by atoms with Crippen LogP contribution in [0.4, 0.5) is 0 Å². The highest BCUT2D eigenvalue weighted by atomic mass is 35.5. The second-order valence-electron chi connectivity index (χ2n) is 6.02. The molecule has 4 heterocycles. The minimum atomic E-state index is -0.0745. The number of benzene rings is 1. The molecule has 27 heavy (non-hydrogen) atoms. The standard InChI is InChI=1S/C19H11ClN4OS2/c1-9-22-7-16(27-9)17-11(6-12-14(25)2-3-21-19(12)24-17)10-4-13(20)18-15(5-10)26-8-23-18/h2-8H,1H3,(H,21,24,25). The van der Waals surface area contributed by atoms with Crippen molar-refractivity contribution in [1.29, 1.82) is 0 Å². The molecular formula is C19H11ClN4OS2. The van der Waals surface area contributed by atoms with E-state index in [0.29, 0.717) is 16.1 Å². The summed E-state index contributed by atoms with van der Waals surface area (Å²) in [5.41, 5.74) is 5.56. The van der Waals surface area contributed by atoms with E-state index in [-0.39, 0.29) is 5.43 Å².